The number of carbonyl (C=O) groups is 1. The third kappa shape index (κ3) is 2.49. The van der Waals surface area contributed by atoms with Crippen LogP contribution in [0.2, 0.25) is 0 Å². The summed E-state index contributed by atoms with van der Waals surface area (Å²) in [6, 6.07) is 0.352. The molecular weight excluding hydrogens is 244 g/mol. The Balaban J connectivity index is 1.93. The molecule has 19 heavy (non-hydrogen) atoms. The first-order chi connectivity index (χ1) is 9.16. The fourth-order valence-corrected chi connectivity index (χ4v) is 2.88. The van der Waals surface area contributed by atoms with E-state index in [1.807, 2.05) is 4.68 Å². The van der Waals surface area contributed by atoms with Gasteiger partial charge in [-0.2, -0.15) is 0 Å². The number of amides is 1. The quantitative estimate of drug-likeness (QED) is 0.852. The molecule has 104 valence electrons. The highest BCUT2D eigenvalue weighted by molar-refractivity contribution is 5.76. The molecule has 2 unspecified atom stereocenters. The maximum Gasteiger partial charge on any atom is 0.223 e. The van der Waals surface area contributed by atoms with Crippen molar-refractivity contribution in [2.75, 3.05) is 13.2 Å². The number of primary amides is 1. The van der Waals surface area contributed by atoms with Crippen LogP contribution >= 0.6 is 0 Å². The van der Waals surface area contributed by atoms with Crippen LogP contribution in [-0.4, -0.2) is 34.1 Å². The molecule has 1 aliphatic heterocycles. The van der Waals surface area contributed by atoms with Gasteiger partial charge in [-0.05, 0) is 32.1 Å². The number of nitrogens with two attached hydrogens (primary N) is 1. The molecule has 3 rings (SSSR count). The summed E-state index contributed by atoms with van der Waals surface area (Å²) in [7, 11) is 0. The fourth-order valence-electron chi connectivity index (χ4n) is 2.88. The number of aromatic nitrogens is 3. The number of ether oxygens (including phenoxy) is 1. The maximum atomic E-state index is 11.2. The highest BCUT2D eigenvalue weighted by Crippen LogP contribution is 2.41. The molecule has 6 nitrogen and oxygen atoms in total. The minimum atomic E-state index is -0.355. The molecule has 1 aromatic rings. The Labute approximate surface area is 112 Å². The summed E-state index contributed by atoms with van der Waals surface area (Å²) in [6.45, 7) is 3.64. The third-order valence-corrected chi connectivity index (χ3v) is 4.15. The molecule has 2 N–H and O–H groups in total. The zero-order valence-electron chi connectivity index (χ0n) is 11.2. The molecule has 2 aliphatic rings. The molecule has 1 aromatic heterocycles. The lowest BCUT2D eigenvalue weighted by atomic mass is 10.0. The summed E-state index contributed by atoms with van der Waals surface area (Å²) in [4.78, 5) is 11.2. The summed E-state index contributed by atoms with van der Waals surface area (Å²) in [5.41, 5.74) is 7.10. The van der Waals surface area contributed by atoms with Crippen molar-refractivity contribution < 1.29 is 9.53 Å². The molecule has 0 radical (unpaired) electrons. The van der Waals surface area contributed by atoms with Crippen molar-refractivity contribution >= 4 is 5.91 Å². The van der Waals surface area contributed by atoms with Crippen molar-refractivity contribution in [2.45, 2.75) is 44.6 Å². The monoisotopic (exact) mass is 264 g/mol. The van der Waals surface area contributed by atoms with E-state index < -0.39 is 0 Å². The molecule has 2 fully saturated rings. The molecule has 0 spiro atoms. The second-order valence-corrected chi connectivity index (χ2v) is 5.65. The van der Waals surface area contributed by atoms with E-state index in [0.717, 1.165) is 24.4 Å². The van der Waals surface area contributed by atoms with Gasteiger partial charge in [0.2, 0.25) is 5.91 Å². The van der Waals surface area contributed by atoms with Crippen molar-refractivity contribution in [3.05, 3.63) is 11.4 Å². The second-order valence-electron chi connectivity index (χ2n) is 5.65. The summed E-state index contributed by atoms with van der Waals surface area (Å²) >= 11 is 0. The fraction of sp³-hybridized carbons (Fsp3) is 0.769. The lowest BCUT2D eigenvalue weighted by molar-refractivity contribution is -0.117. The van der Waals surface area contributed by atoms with E-state index in [2.05, 4.69) is 17.2 Å². The number of rotatable bonds is 5. The van der Waals surface area contributed by atoms with Gasteiger partial charge in [0, 0.05) is 12.5 Å². The van der Waals surface area contributed by atoms with Gasteiger partial charge in [-0.1, -0.05) is 5.21 Å². The van der Waals surface area contributed by atoms with Crippen molar-refractivity contribution in [3.63, 3.8) is 0 Å². The van der Waals surface area contributed by atoms with E-state index in [0.29, 0.717) is 24.5 Å². The van der Waals surface area contributed by atoms with Gasteiger partial charge in [0.1, 0.15) is 0 Å². The van der Waals surface area contributed by atoms with E-state index in [1.54, 1.807) is 0 Å². The first-order valence-corrected chi connectivity index (χ1v) is 6.97. The lowest BCUT2D eigenvalue weighted by Crippen LogP contribution is -2.19. The van der Waals surface area contributed by atoms with Crippen LogP contribution in [0.3, 0.4) is 0 Å². The van der Waals surface area contributed by atoms with Gasteiger partial charge in [0.05, 0.1) is 30.5 Å². The minimum Gasteiger partial charge on any atom is -0.381 e. The average Bonchev–Trinajstić information content (AvgIpc) is 2.92. The van der Waals surface area contributed by atoms with Crippen LogP contribution < -0.4 is 5.73 Å². The minimum absolute atomic E-state index is 0.170. The van der Waals surface area contributed by atoms with Gasteiger partial charge in [0.25, 0.3) is 0 Å². The van der Waals surface area contributed by atoms with Gasteiger partial charge in [-0.15, -0.1) is 5.10 Å². The molecule has 2 atom stereocenters. The number of hydrogen-bond acceptors (Lipinski definition) is 4. The smallest absolute Gasteiger partial charge is 0.223 e. The van der Waals surface area contributed by atoms with Crippen molar-refractivity contribution in [3.8, 4) is 0 Å². The van der Waals surface area contributed by atoms with E-state index >= 15 is 0 Å². The highest BCUT2D eigenvalue weighted by Gasteiger charge is 2.34. The Bertz CT molecular complexity index is 475. The third-order valence-electron chi connectivity index (χ3n) is 4.15. The Kier molecular flexibility index (Phi) is 3.26. The topological polar surface area (TPSA) is 83.0 Å². The van der Waals surface area contributed by atoms with Crippen LogP contribution in [0.1, 0.15) is 49.5 Å². The molecule has 0 aromatic carbocycles. The van der Waals surface area contributed by atoms with E-state index in [-0.39, 0.29) is 12.3 Å². The Morgan fingerprint density at radius 1 is 1.53 bits per heavy atom. The standard InChI is InChI=1S/C13H20N4O2/c1-8(9-2-3-9)17-13(10-4-5-19-7-10)11(15-16-17)6-12(14)18/h8-10H,2-7H2,1H3,(H2,14,18). The summed E-state index contributed by atoms with van der Waals surface area (Å²) in [5, 5.41) is 8.47. The van der Waals surface area contributed by atoms with Gasteiger partial charge in [0.15, 0.2) is 0 Å². The molecular formula is C13H20N4O2. The second kappa shape index (κ2) is 4.92. The van der Waals surface area contributed by atoms with Crippen molar-refractivity contribution in [1.29, 1.82) is 0 Å². The first kappa shape index (κ1) is 12.6. The molecule has 1 saturated carbocycles. The van der Waals surface area contributed by atoms with E-state index in [4.69, 9.17) is 10.5 Å². The van der Waals surface area contributed by atoms with Crippen molar-refractivity contribution in [2.24, 2.45) is 11.7 Å². The zero-order chi connectivity index (χ0) is 13.4. The predicted octanol–water partition coefficient (Wildman–Crippen LogP) is 0.781. The molecule has 1 aliphatic carbocycles. The lowest BCUT2D eigenvalue weighted by Gasteiger charge is -2.17. The Morgan fingerprint density at radius 2 is 2.32 bits per heavy atom. The molecule has 2 heterocycles. The van der Waals surface area contributed by atoms with Crippen LogP contribution in [0, 0.1) is 5.92 Å². The Morgan fingerprint density at radius 3 is 2.89 bits per heavy atom. The van der Waals surface area contributed by atoms with Gasteiger partial charge in [-0.3, -0.25) is 4.79 Å². The zero-order valence-corrected chi connectivity index (χ0v) is 11.2. The van der Waals surface area contributed by atoms with Gasteiger partial charge < -0.3 is 10.5 Å². The highest BCUT2D eigenvalue weighted by atomic mass is 16.5. The van der Waals surface area contributed by atoms with Crippen molar-refractivity contribution in [1.82, 2.24) is 15.0 Å². The average molecular weight is 264 g/mol. The normalized spacial score (nSPS) is 24.6. The summed E-state index contributed by atoms with van der Waals surface area (Å²) in [5.74, 6) is 0.640. The molecule has 0 bridgehead atoms. The first-order valence-electron chi connectivity index (χ1n) is 6.97. The Hall–Kier alpha value is -1.43. The molecule has 6 heteroatoms. The van der Waals surface area contributed by atoms with Crippen LogP contribution in [-0.2, 0) is 16.0 Å². The van der Waals surface area contributed by atoms with Crippen LogP contribution in [0.15, 0.2) is 0 Å². The summed E-state index contributed by atoms with van der Waals surface area (Å²) in [6.07, 6.45) is 3.65. The van der Waals surface area contributed by atoms with E-state index in [1.165, 1.54) is 12.8 Å². The SMILES string of the molecule is CC(C1CC1)n1nnc(CC(N)=O)c1C1CCOC1. The predicted molar refractivity (Wildman–Crippen MR) is 68.5 cm³/mol. The largest absolute Gasteiger partial charge is 0.381 e. The number of nitrogens with zero attached hydrogens (tertiary/aromatic N) is 3. The van der Waals surface area contributed by atoms with Gasteiger partial charge >= 0.3 is 0 Å². The van der Waals surface area contributed by atoms with Gasteiger partial charge in [-0.25, -0.2) is 4.68 Å². The number of carbonyl (C=O) groups excluding carboxylic acids is 1. The van der Waals surface area contributed by atoms with E-state index in [9.17, 15) is 4.79 Å². The number of hydrogen-bond donors (Lipinski definition) is 1. The maximum absolute atomic E-state index is 11.2. The van der Waals surface area contributed by atoms with Crippen LogP contribution in [0.4, 0.5) is 0 Å². The van der Waals surface area contributed by atoms with Crippen LogP contribution in [0.25, 0.3) is 0 Å². The molecule has 1 saturated heterocycles. The summed E-state index contributed by atoms with van der Waals surface area (Å²) < 4.78 is 7.48. The van der Waals surface area contributed by atoms with Crippen LogP contribution in [0.5, 0.6) is 0 Å². The molecule has 1 amide bonds.